The number of tetrazole rings is 1. The van der Waals surface area contributed by atoms with Crippen LogP contribution in [0.5, 0.6) is 11.5 Å². The number of benzene rings is 2. The molecule has 0 fully saturated rings. The Balaban J connectivity index is 1.87. The van der Waals surface area contributed by atoms with Gasteiger partial charge in [0.05, 0.1) is 39.5 Å². The second-order valence-electron chi connectivity index (χ2n) is 6.68. The number of hydrogen-bond acceptors (Lipinski definition) is 8. The van der Waals surface area contributed by atoms with E-state index in [1.165, 1.54) is 32.3 Å². The van der Waals surface area contributed by atoms with Crippen molar-refractivity contribution in [3.8, 4) is 17.2 Å². The summed E-state index contributed by atoms with van der Waals surface area (Å²) in [4.78, 5) is 24.9. The molecule has 0 saturated heterocycles. The normalized spacial score (nSPS) is 11.5. The van der Waals surface area contributed by atoms with E-state index >= 15 is 0 Å². The molecule has 1 heterocycles. The molecule has 2 aromatic carbocycles. The molecule has 10 heteroatoms. The van der Waals surface area contributed by atoms with Gasteiger partial charge in [0.15, 0.2) is 11.5 Å². The van der Waals surface area contributed by atoms with Gasteiger partial charge in [-0.15, -0.1) is 5.10 Å². The molecule has 10 nitrogen and oxygen atoms in total. The number of methoxy groups -OCH3 is 3. The Kier molecular flexibility index (Phi) is 6.81. The number of nitrogens with zero attached hydrogens (tertiary/aromatic N) is 4. The van der Waals surface area contributed by atoms with Gasteiger partial charge in [0.2, 0.25) is 0 Å². The lowest BCUT2D eigenvalue weighted by Gasteiger charge is -2.20. The van der Waals surface area contributed by atoms with Gasteiger partial charge in [-0.2, -0.15) is 0 Å². The van der Waals surface area contributed by atoms with Crippen LogP contribution in [0.1, 0.15) is 33.9 Å². The first-order chi connectivity index (χ1) is 15.0. The van der Waals surface area contributed by atoms with E-state index in [0.29, 0.717) is 22.6 Å². The van der Waals surface area contributed by atoms with Gasteiger partial charge in [-0.1, -0.05) is 6.07 Å². The predicted octanol–water partition coefficient (Wildman–Crippen LogP) is 2.02. The molecule has 0 spiro atoms. The maximum Gasteiger partial charge on any atom is 0.307 e. The van der Waals surface area contributed by atoms with Crippen LogP contribution < -0.4 is 14.8 Å². The maximum atomic E-state index is 13.0. The fourth-order valence-corrected chi connectivity index (χ4v) is 3.14. The number of carbonyl (C=O) groups is 2. The number of ether oxygens (including phenoxy) is 3. The van der Waals surface area contributed by atoms with Crippen LogP contribution >= 0.6 is 0 Å². The van der Waals surface area contributed by atoms with Crippen LogP contribution in [0.4, 0.5) is 0 Å². The van der Waals surface area contributed by atoms with Gasteiger partial charge in [-0.05, 0) is 58.8 Å². The number of nitrogens with one attached hydrogen (secondary N) is 1. The topological polar surface area (TPSA) is 117 Å². The van der Waals surface area contributed by atoms with Crippen LogP contribution in [0.3, 0.4) is 0 Å². The SMILES string of the molecule is COC(=O)CC(NC(=O)c1ccc(-n2cnnn2)c(C)c1)c1ccc(OC)c(OC)c1. The highest BCUT2D eigenvalue weighted by Crippen LogP contribution is 2.31. The van der Waals surface area contributed by atoms with Crippen molar-refractivity contribution in [2.45, 2.75) is 19.4 Å². The average Bonchev–Trinajstić information content (AvgIpc) is 3.32. The minimum absolute atomic E-state index is 0.0422. The van der Waals surface area contributed by atoms with Crippen molar-refractivity contribution in [1.29, 1.82) is 0 Å². The van der Waals surface area contributed by atoms with E-state index in [1.54, 1.807) is 36.4 Å². The summed E-state index contributed by atoms with van der Waals surface area (Å²) in [5, 5.41) is 14.0. The highest BCUT2D eigenvalue weighted by molar-refractivity contribution is 5.95. The number of hydrogen-bond donors (Lipinski definition) is 1. The summed E-state index contributed by atoms with van der Waals surface area (Å²) < 4.78 is 16.9. The molecule has 0 aliphatic heterocycles. The Morgan fingerprint density at radius 3 is 2.45 bits per heavy atom. The minimum Gasteiger partial charge on any atom is -0.493 e. The third-order valence-corrected chi connectivity index (χ3v) is 4.77. The van der Waals surface area contributed by atoms with Gasteiger partial charge in [-0.3, -0.25) is 9.59 Å². The molecule has 0 saturated carbocycles. The highest BCUT2D eigenvalue weighted by atomic mass is 16.5. The molecule has 162 valence electrons. The van der Waals surface area contributed by atoms with E-state index < -0.39 is 12.0 Å². The van der Waals surface area contributed by atoms with Gasteiger partial charge in [-0.25, -0.2) is 4.68 Å². The molecule has 1 unspecified atom stereocenters. The van der Waals surface area contributed by atoms with Crippen LogP contribution in [-0.2, 0) is 9.53 Å². The summed E-state index contributed by atoms with van der Waals surface area (Å²) in [6.07, 6.45) is 1.44. The van der Waals surface area contributed by atoms with Crippen LogP contribution in [0.15, 0.2) is 42.7 Å². The first kappa shape index (κ1) is 21.8. The van der Waals surface area contributed by atoms with Gasteiger partial charge in [0.25, 0.3) is 5.91 Å². The van der Waals surface area contributed by atoms with Crippen molar-refractivity contribution in [3.05, 3.63) is 59.4 Å². The zero-order valence-electron chi connectivity index (χ0n) is 17.7. The van der Waals surface area contributed by atoms with E-state index in [1.807, 2.05) is 6.92 Å². The molecule has 0 bridgehead atoms. The number of aryl methyl sites for hydroxylation is 1. The molecular weight excluding hydrogens is 402 g/mol. The van der Waals surface area contributed by atoms with Crippen molar-refractivity contribution in [1.82, 2.24) is 25.5 Å². The quantitative estimate of drug-likeness (QED) is 0.545. The predicted molar refractivity (Wildman–Crippen MR) is 110 cm³/mol. The summed E-state index contributed by atoms with van der Waals surface area (Å²) in [5.41, 5.74) is 2.69. The molecule has 1 aromatic heterocycles. The Labute approximate surface area is 179 Å². The van der Waals surface area contributed by atoms with Gasteiger partial charge in [0.1, 0.15) is 6.33 Å². The van der Waals surface area contributed by atoms with Gasteiger partial charge < -0.3 is 19.5 Å². The maximum absolute atomic E-state index is 13.0. The molecule has 0 radical (unpaired) electrons. The van der Waals surface area contributed by atoms with Crippen molar-refractivity contribution < 1.29 is 23.8 Å². The number of esters is 1. The largest absolute Gasteiger partial charge is 0.493 e. The lowest BCUT2D eigenvalue weighted by Crippen LogP contribution is -2.30. The molecule has 3 aromatic rings. The Morgan fingerprint density at radius 2 is 1.84 bits per heavy atom. The Morgan fingerprint density at radius 1 is 1.06 bits per heavy atom. The number of aromatic nitrogens is 4. The summed E-state index contributed by atoms with van der Waals surface area (Å²) >= 11 is 0. The molecule has 31 heavy (non-hydrogen) atoms. The summed E-state index contributed by atoms with van der Waals surface area (Å²) in [6, 6.07) is 9.74. The van der Waals surface area contributed by atoms with E-state index in [2.05, 4.69) is 20.8 Å². The molecule has 0 aliphatic rings. The third kappa shape index (κ3) is 4.97. The molecule has 1 N–H and O–H groups in total. The number of rotatable bonds is 8. The average molecular weight is 425 g/mol. The second kappa shape index (κ2) is 9.70. The zero-order valence-corrected chi connectivity index (χ0v) is 17.7. The summed E-state index contributed by atoms with van der Waals surface area (Å²) in [5.74, 6) is 0.245. The lowest BCUT2D eigenvalue weighted by molar-refractivity contribution is -0.141. The van der Waals surface area contributed by atoms with Crippen molar-refractivity contribution in [2.24, 2.45) is 0 Å². The van der Waals surface area contributed by atoms with E-state index in [-0.39, 0.29) is 12.3 Å². The number of amides is 1. The van der Waals surface area contributed by atoms with E-state index in [0.717, 1.165) is 11.3 Å². The van der Waals surface area contributed by atoms with Crippen LogP contribution in [0.2, 0.25) is 0 Å². The Hall–Kier alpha value is -3.95. The molecule has 0 aliphatic carbocycles. The standard InChI is InChI=1S/C21H23N5O5/c1-13-9-15(5-7-17(13)26-12-22-24-25-26)21(28)23-16(11-20(27)31-4)14-6-8-18(29-2)19(10-14)30-3/h5-10,12,16H,11H2,1-4H3,(H,23,28). The summed E-state index contributed by atoms with van der Waals surface area (Å²) in [7, 11) is 4.36. The van der Waals surface area contributed by atoms with Gasteiger partial charge in [0, 0.05) is 5.56 Å². The smallest absolute Gasteiger partial charge is 0.307 e. The fraction of sp³-hybridized carbons (Fsp3) is 0.286. The fourth-order valence-electron chi connectivity index (χ4n) is 3.14. The molecule has 1 amide bonds. The lowest BCUT2D eigenvalue weighted by atomic mass is 10.0. The van der Waals surface area contributed by atoms with Crippen LogP contribution in [-0.4, -0.2) is 53.4 Å². The molecule has 1 atom stereocenters. The van der Waals surface area contributed by atoms with Crippen molar-refractivity contribution in [3.63, 3.8) is 0 Å². The molecule has 3 rings (SSSR count). The highest BCUT2D eigenvalue weighted by Gasteiger charge is 2.22. The van der Waals surface area contributed by atoms with Gasteiger partial charge >= 0.3 is 5.97 Å². The Bertz CT molecular complexity index is 1070. The van der Waals surface area contributed by atoms with Crippen LogP contribution in [0.25, 0.3) is 5.69 Å². The monoisotopic (exact) mass is 425 g/mol. The zero-order chi connectivity index (χ0) is 22.4. The third-order valence-electron chi connectivity index (χ3n) is 4.77. The number of carbonyl (C=O) groups excluding carboxylic acids is 2. The van der Waals surface area contributed by atoms with Crippen molar-refractivity contribution in [2.75, 3.05) is 21.3 Å². The summed E-state index contributed by atoms with van der Waals surface area (Å²) in [6.45, 7) is 1.86. The van der Waals surface area contributed by atoms with Crippen molar-refractivity contribution >= 4 is 11.9 Å². The van der Waals surface area contributed by atoms with E-state index in [4.69, 9.17) is 14.2 Å². The van der Waals surface area contributed by atoms with E-state index in [9.17, 15) is 9.59 Å². The second-order valence-corrected chi connectivity index (χ2v) is 6.68. The first-order valence-corrected chi connectivity index (χ1v) is 9.40. The molecular formula is C21H23N5O5. The van der Waals surface area contributed by atoms with Crippen LogP contribution in [0, 0.1) is 6.92 Å². The first-order valence-electron chi connectivity index (χ1n) is 9.40. The minimum atomic E-state index is -0.626.